The Labute approximate surface area is 167 Å². The van der Waals surface area contributed by atoms with E-state index >= 15 is 0 Å². The fourth-order valence-electron chi connectivity index (χ4n) is 3.03. The van der Waals surface area contributed by atoms with E-state index in [1.807, 2.05) is 36.6 Å². The molecular formula is C19H16BrN3O3S. The van der Waals surface area contributed by atoms with Crippen molar-refractivity contribution in [2.24, 2.45) is 5.10 Å². The van der Waals surface area contributed by atoms with E-state index in [0.29, 0.717) is 12.2 Å². The number of thiophene rings is 1. The van der Waals surface area contributed by atoms with E-state index in [1.165, 1.54) is 15.6 Å². The van der Waals surface area contributed by atoms with Crippen molar-refractivity contribution in [3.8, 4) is 0 Å². The molecule has 27 heavy (non-hydrogen) atoms. The Kier molecular flexibility index (Phi) is 4.84. The van der Waals surface area contributed by atoms with Crippen molar-refractivity contribution in [2.75, 3.05) is 0 Å². The largest absolute Gasteiger partial charge is 0.460 e. The fraction of sp³-hybridized carbons (Fsp3) is 0.211. The maximum Gasteiger partial charge on any atom is 0.263 e. The van der Waals surface area contributed by atoms with Crippen LogP contribution in [0.25, 0.3) is 0 Å². The van der Waals surface area contributed by atoms with E-state index < -0.39 is 0 Å². The fourth-order valence-corrected chi connectivity index (χ4v) is 4.22. The third-order valence-corrected chi connectivity index (χ3v) is 5.76. The third kappa shape index (κ3) is 3.68. The highest BCUT2D eigenvalue weighted by atomic mass is 79.9. The van der Waals surface area contributed by atoms with Gasteiger partial charge >= 0.3 is 0 Å². The van der Waals surface area contributed by atoms with Gasteiger partial charge in [-0.1, -0.05) is 6.07 Å². The molecule has 4 rings (SSSR count). The number of carbonyl (C=O) groups is 1. The Morgan fingerprint density at radius 1 is 1.33 bits per heavy atom. The van der Waals surface area contributed by atoms with Crippen LogP contribution in [-0.4, -0.2) is 21.2 Å². The van der Waals surface area contributed by atoms with Gasteiger partial charge in [0.15, 0.2) is 0 Å². The molecule has 0 saturated carbocycles. The maximum atomic E-state index is 13.0. The van der Waals surface area contributed by atoms with E-state index in [2.05, 4.69) is 21.0 Å². The van der Waals surface area contributed by atoms with E-state index in [1.54, 1.807) is 23.6 Å². The molecule has 1 amide bonds. The SMILES string of the molecule is Cc1ccc(C2=NN(C(=O)Cn3cc(Br)ccc3=O)[C@H](c3cccs3)C2)o1. The first-order valence-corrected chi connectivity index (χ1v) is 10.0. The Balaban J connectivity index is 1.65. The lowest BCUT2D eigenvalue weighted by molar-refractivity contribution is -0.133. The molecule has 1 aliphatic heterocycles. The second-order valence-corrected chi connectivity index (χ2v) is 8.14. The molecule has 6 nitrogen and oxygen atoms in total. The van der Waals surface area contributed by atoms with Crippen LogP contribution in [0.2, 0.25) is 0 Å². The Bertz CT molecular complexity index is 1070. The number of furan rings is 1. The summed E-state index contributed by atoms with van der Waals surface area (Å²) in [6.45, 7) is 1.80. The van der Waals surface area contributed by atoms with E-state index in [9.17, 15) is 9.59 Å². The summed E-state index contributed by atoms with van der Waals surface area (Å²) in [4.78, 5) is 26.1. The molecular weight excluding hydrogens is 430 g/mol. The molecule has 0 N–H and O–H groups in total. The van der Waals surface area contributed by atoms with Gasteiger partial charge in [0.05, 0.1) is 6.04 Å². The number of aryl methyl sites for hydroxylation is 1. The summed E-state index contributed by atoms with van der Waals surface area (Å²) in [6.07, 6.45) is 2.18. The number of hydrogen-bond donors (Lipinski definition) is 0. The van der Waals surface area contributed by atoms with Crippen molar-refractivity contribution >= 4 is 38.9 Å². The second kappa shape index (κ2) is 7.28. The number of hydrogen-bond acceptors (Lipinski definition) is 5. The zero-order valence-electron chi connectivity index (χ0n) is 14.5. The highest BCUT2D eigenvalue weighted by Crippen LogP contribution is 2.35. The zero-order chi connectivity index (χ0) is 19.0. The lowest BCUT2D eigenvalue weighted by Crippen LogP contribution is -2.33. The number of pyridine rings is 1. The minimum absolute atomic E-state index is 0.0753. The molecule has 0 aromatic carbocycles. The molecule has 0 saturated heterocycles. The Hall–Kier alpha value is -2.45. The first-order chi connectivity index (χ1) is 13.0. The molecule has 0 radical (unpaired) electrons. The average molecular weight is 446 g/mol. The molecule has 3 aromatic rings. The quantitative estimate of drug-likeness (QED) is 0.610. The Morgan fingerprint density at radius 2 is 2.19 bits per heavy atom. The number of carbonyl (C=O) groups excluding carboxylic acids is 1. The maximum absolute atomic E-state index is 13.0. The van der Waals surface area contributed by atoms with Gasteiger partial charge < -0.3 is 8.98 Å². The lowest BCUT2D eigenvalue weighted by Gasteiger charge is -2.21. The van der Waals surface area contributed by atoms with Crippen molar-refractivity contribution < 1.29 is 9.21 Å². The smallest absolute Gasteiger partial charge is 0.263 e. The molecule has 0 bridgehead atoms. The van der Waals surface area contributed by atoms with Gasteiger partial charge in [-0.25, -0.2) is 5.01 Å². The molecule has 1 atom stereocenters. The van der Waals surface area contributed by atoms with Gasteiger partial charge in [0, 0.05) is 28.0 Å². The molecule has 3 aromatic heterocycles. The minimum Gasteiger partial charge on any atom is -0.460 e. The monoisotopic (exact) mass is 445 g/mol. The summed E-state index contributed by atoms with van der Waals surface area (Å²) in [5, 5.41) is 8.00. The van der Waals surface area contributed by atoms with Crippen LogP contribution < -0.4 is 5.56 Å². The summed E-state index contributed by atoms with van der Waals surface area (Å²) in [7, 11) is 0. The average Bonchev–Trinajstić information content (AvgIpc) is 3.37. The highest BCUT2D eigenvalue weighted by Gasteiger charge is 2.34. The van der Waals surface area contributed by atoms with Crippen molar-refractivity contribution in [2.45, 2.75) is 25.9 Å². The van der Waals surface area contributed by atoms with Crippen molar-refractivity contribution in [3.63, 3.8) is 0 Å². The van der Waals surface area contributed by atoms with Crippen molar-refractivity contribution in [1.29, 1.82) is 0 Å². The van der Waals surface area contributed by atoms with Crippen molar-refractivity contribution in [3.05, 3.63) is 79.2 Å². The first-order valence-electron chi connectivity index (χ1n) is 8.37. The van der Waals surface area contributed by atoms with E-state index in [0.717, 1.165) is 20.8 Å². The van der Waals surface area contributed by atoms with Crippen LogP contribution in [0.5, 0.6) is 0 Å². The molecule has 138 valence electrons. The summed E-state index contributed by atoms with van der Waals surface area (Å²) >= 11 is 4.91. The molecule has 8 heteroatoms. The standard InChI is InChI=1S/C19H16BrN3O3S/c1-12-4-6-16(26-12)14-9-15(17-3-2-8-27-17)23(21-14)19(25)11-22-10-13(20)5-7-18(22)24/h2-8,10,15H,9,11H2,1H3/t15-/m0/s1. The summed E-state index contributed by atoms with van der Waals surface area (Å²) in [6, 6.07) is 10.6. The van der Waals surface area contributed by atoms with Crippen LogP contribution >= 0.6 is 27.3 Å². The lowest BCUT2D eigenvalue weighted by atomic mass is 10.1. The van der Waals surface area contributed by atoms with Gasteiger partial charge in [-0.2, -0.15) is 5.10 Å². The number of hydrazone groups is 1. The van der Waals surface area contributed by atoms with Crippen molar-refractivity contribution in [1.82, 2.24) is 9.58 Å². The van der Waals surface area contributed by atoms with E-state index in [-0.39, 0.29) is 24.1 Å². The van der Waals surface area contributed by atoms with Crippen LogP contribution in [0.1, 0.15) is 28.9 Å². The predicted octanol–water partition coefficient (Wildman–Crippen LogP) is 3.95. The summed E-state index contributed by atoms with van der Waals surface area (Å²) in [5.74, 6) is 1.22. The third-order valence-electron chi connectivity index (χ3n) is 4.32. The first kappa shape index (κ1) is 17.9. The minimum atomic E-state index is -0.244. The van der Waals surface area contributed by atoms with Gasteiger partial charge in [-0.05, 0) is 52.5 Å². The molecule has 0 unspecified atom stereocenters. The number of aromatic nitrogens is 1. The summed E-state index contributed by atoms with van der Waals surface area (Å²) in [5.41, 5.74) is 0.501. The van der Waals surface area contributed by atoms with Crippen LogP contribution in [0.4, 0.5) is 0 Å². The molecule has 0 spiro atoms. The normalized spacial score (nSPS) is 16.6. The van der Waals surface area contributed by atoms with Gasteiger partial charge in [-0.3, -0.25) is 9.59 Å². The van der Waals surface area contributed by atoms with Crippen LogP contribution in [0.15, 0.2) is 66.8 Å². The molecule has 1 aliphatic rings. The Morgan fingerprint density at radius 3 is 2.89 bits per heavy atom. The van der Waals surface area contributed by atoms with E-state index in [4.69, 9.17) is 4.42 Å². The zero-order valence-corrected chi connectivity index (χ0v) is 16.9. The predicted molar refractivity (Wildman–Crippen MR) is 107 cm³/mol. The van der Waals surface area contributed by atoms with Crippen LogP contribution in [0, 0.1) is 6.92 Å². The molecule has 0 fully saturated rings. The van der Waals surface area contributed by atoms with Gasteiger partial charge in [0.25, 0.3) is 11.5 Å². The summed E-state index contributed by atoms with van der Waals surface area (Å²) < 4.78 is 7.80. The van der Waals surface area contributed by atoms with Crippen LogP contribution in [0.3, 0.4) is 0 Å². The number of halogens is 1. The highest BCUT2D eigenvalue weighted by molar-refractivity contribution is 9.10. The molecule has 4 heterocycles. The topological polar surface area (TPSA) is 67.8 Å². The van der Waals surface area contributed by atoms with Gasteiger partial charge in [-0.15, -0.1) is 11.3 Å². The number of nitrogens with zero attached hydrogens (tertiary/aromatic N) is 3. The van der Waals surface area contributed by atoms with Gasteiger partial charge in [0.1, 0.15) is 23.8 Å². The van der Waals surface area contributed by atoms with Crippen LogP contribution in [-0.2, 0) is 11.3 Å². The number of amides is 1. The molecule has 0 aliphatic carbocycles. The second-order valence-electron chi connectivity index (χ2n) is 6.24. The number of rotatable bonds is 4. The van der Waals surface area contributed by atoms with Gasteiger partial charge in [0.2, 0.25) is 0 Å².